The van der Waals surface area contributed by atoms with Crippen LogP contribution in [0.3, 0.4) is 0 Å². The summed E-state index contributed by atoms with van der Waals surface area (Å²) >= 11 is 6.43. The fourth-order valence-corrected chi connectivity index (χ4v) is 3.56. The van der Waals surface area contributed by atoms with E-state index in [1.54, 1.807) is 17.1 Å². The Kier molecular flexibility index (Phi) is 6.85. The second-order valence-electron chi connectivity index (χ2n) is 6.48. The Balaban J connectivity index is 1.74. The van der Waals surface area contributed by atoms with Crippen molar-refractivity contribution in [3.63, 3.8) is 0 Å². The first-order valence-corrected chi connectivity index (χ1v) is 9.88. The number of halogens is 1. The number of carbonyl (C=O) groups is 1. The lowest BCUT2D eigenvalue weighted by Gasteiger charge is -2.30. The summed E-state index contributed by atoms with van der Waals surface area (Å²) in [5, 5.41) is 8.06. The summed E-state index contributed by atoms with van der Waals surface area (Å²) in [7, 11) is 0. The second kappa shape index (κ2) is 9.53. The van der Waals surface area contributed by atoms with Gasteiger partial charge in [-0.25, -0.2) is 4.68 Å². The number of rotatable bonds is 8. The highest BCUT2D eigenvalue weighted by molar-refractivity contribution is 6.31. The van der Waals surface area contributed by atoms with E-state index in [4.69, 9.17) is 11.6 Å². The third kappa shape index (κ3) is 4.61. The fourth-order valence-electron chi connectivity index (χ4n) is 3.30. The molecule has 2 aromatic carbocycles. The maximum atomic E-state index is 12.7. The summed E-state index contributed by atoms with van der Waals surface area (Å²) in [4.78, 5) is 15.0. The average molecular weight is 397 g/mol. The molecule has 0 saturated carbocycles. The van der Waals surface area contributed by atoms with Crippen LogP contribution in [0.1, 0.15) is 35.8 Å². The number of nitrogens with zero attached hydrogens (tertiary/aromatic N) is 3. The zero-order valence-electron chi connectivity index (χ0n) is 16.2. The SMILES string of the molecule is CCN(CC)C(CNC(=O)c1cnn(-c2ccccc2)c1)c1ccccc1Cl. The Morgan fingerprint density at radius 2 is 1.79 bits per heavy atom. The van der Waals surface area contributed by atoms with Gasteiger partial charge in [0.1, 0.15) is 0 Å². The molecule has 0 spiro atoms. The Hall–Kier alpha value is -2.63. The number of nitrogens with one attached hydrogen (secondary N) is 1. The summed E-state index contributed by atoms with van der Waals surface area (Å²) in [6.45, 7) is 6.43. The second-order valence-corrected chi connectivity index (χ2v) is 6.88. The van der Waals surface area contributed by atoms with Crippen molar-refractivity contribution < 1.29 is 4.79 Å². The van der Waals surface area contributed by atoms with Crippen LogP contribution in [0.5, 0.6) is 0 Å². The topological polar surface area (TPSA) is 50.2 Å². The molecule has 1 unspecified atom stereocenters. The van der Waals surface area contributed by atoms with Gasteiger partial charge >= 0.3 is 0 Å². The number of hydrogen-bond acceptors (Lipinski definition) is 3. The van der Waals surface area contributed by atoms with Crippen molar-refractivity contribution in [2.45, 2.75) is 19.9 Å². The molecule has 0 aliphatic heterocycles. The van der Waals surface area contributed by atoms with E-state index in [0.29, 0.717) is 17.1 Å². The Bertz CT molecular complexity index is 906. The smallest absolute Gasteiger partial charge is 0.254 e. The highest BCUT2D eigenvalue weighted by atomic mass is 35.5. The molecule has 0 aliphatic rings. The molecule has 146 valence electrons. The minimum Gasteiger partial charge on any atom is -0.350 e. The first-order valence-electron chi connectivity index (χ1n) is 9.50. The Labute approximate surface area is 170 Å². The molecule has 3 aromatic rings. The predicted molar refractivity (Wildman–Crippen MR) is 113 cm³/mol. The lowest BCUT2D eigenvalue weighted by atomic mass is 10.0. The molecule has 0 bridgehead atoms. The molecule has 1 aromatic heterocycles. The molecular weight excluding hydrogens is 372 g/mol. The van der Waals surface area contributed by atoms with Gasteiger partial charge in [0.25, 0.3) is 5.91 Å². The van der Waals surface area contributed by atoms with Crippen molar-refractivity contribution in [3.05, 3.63) is 83.1 Å². The quantitative estimate of drug-likeness (QED) is 0.616. The van der Waals surface area contributed by atoms with Gasteiger partial charge in [0.2, 0.25) is 0 Å². The molecule has 1 amide bonds. The molecule has 0 fully saturated rings. The van der Waals surface area contributed by atoms with Gasteiger partial charge in [-0.15, -0.1) is 0 Å². The predicted octanol–water partition coefficient (Wildman–Crippen LogP) is 4.34. The Morgan fingerprint density at radius 3 is 2.46 bits per heavy atom. The number of para-hydroxylation sites is 1. The Morgan fingerprint density at radius 1 is 1.11 bits per heavy atom. The molecular formula is C22H25ClN4O. The van der Waals surface area contributed by atoms with E-state index in [2.05, 4.69) is 29.2 Å². The van der Waals surface area contributed by atoms with Crippen LogP contribution >= 0.6 is 11.6 Å². The summed E-state index contributed by atoms with van der Waals surface area (Å²) in [6, 6.07) is 17.5. The van der Waals surface area contributed by atoms with Crippen LogP contribution in [0.2, 0.25) is 5.02 Å². The normalized spacial score (nSPS) is 12.1. The standard InChI is InChI=1S/C22H25ClN4O/c1-3-26(4-2)21(19-12-8-9-13-20(19)23)15-24-22(28)17-14-25-27(16-17)18-10-6-5-7-11-18/h5-14,16,21H,3-4,15H2,1-2H3,(H,24,28). The number of likely N-dealkylation sites (N-methyl/N-ethyl adjacent to an activating group) is 1. The van der Waals surface area contributed by atoms with Gasteiger partial charge < -0.3 is 5.32 Å². The van der Waals surface area contributed by atoms with E-state index in [0.717, 1.165) is 24.3 Å². The maximum absolute atomic E-state index is 12.7. The van der Waals surface area contributed by atoms with E-state index in [9.17, 15) is 4.79 Å². The lowest BCUT2D eigenvalue weighted by Crippen LogP contribution is -2.38. The minimum absolute atomic E-state index is 0.0109. The molecule has 0 aliphatic carbocycles. The van der Waals surface area contributed by atoms with Crippen LogP contribution in [0.15, 0.2) is 67.0 Å². The zero-order chi connectivity index (χ0) is 19.9. The van der Waals surface area contributed by atoms with Crippen LogP contribution in [0.25, 0.3) is 5.69 Å². The van der Waals surface area contributed by atoms with E-state index >= 15 is 0 Å². The number of aromatic nitrogens is 2. The third-order valence-corrected chi connectivity index (χ3v) is 5.18. The first kappa shape index (κ1) is 20.1. The van der Waals surface area contributed by atoms with E-state index < -0.39 is 0 Å². The number of amides is 1. The van der Waals surface area contributed by atoms with Crippen molar-refractivity contribution in [1.29, 1.82) is 0 Å². The first-order chi connectivity index (χ1) is 13.6. The monoisotopic (exact) mass is 396 g/mol. The summed E-state index contributed by atoms with van der Waals surface area (Å²) < 4.78 is 1.70. The summed E-state index contributed by atoms with van der Waals surface area (Å²) in [6.07, 6.45) is 3.33. The van der Waals surface area contributed by atoms with Gasteiger partial charge in [-0.2, -0.15) is 5.10 Å². The van der Waals surface area contributed by atoms with Crippen LogP contribution in [-0.4, -0.2) is 40.2 Å². The van der Waals surface area contributed by atoms with Crippen LogP contribution < -0.4 is 5.32 Å². The van der Waals surface area contributed by atoms with Crippen molar-refractivity contribution in [1.82, 2.24) is 20.0 Å². The largest absolute Gasteiger partial charge is 0.350 e. The van der Waals surface area contributed by atoms with Crippen molar-refractivity contribution in [2.24, 2.45) is 0 Å². The highest BCUT2D eigenvalue weighted by Gasteiger charge is 2.21. The molecule has 0 radical (unpaired) electrons. The van der Waals surface area contributed by atoms with Gasteiger partial charge in [-0.1, -0.05) is 61.8 Å². The summed E-state index contributed by atoms with van der Waals surface area (Å²) in [5.41, 5.74) is 2.47. The number of carbonyl (C=O) groups excluding carboxylic acids is 1. The molecule has 1 heterocycles. The van der Waals surface area contributed by atoms with Crippen molar-refractivity contribution in [2.75, 3.05) is 19.6 Å². The van der Waals surface area contributed by atoms with Crippen LogP contribution in [0, 0.1) is 0 Å². The van der Waals surface area contributed by atoms with E-state index in [1.807, 2.05) is 54.6 Å². The molecule has 0 saturated heterocycles. The number of benzene rings is 2. The van der Waals surface area contributed by atoms with Crippen LogP contribution in [-0.2, 0) is 0 Å². The van der Waals surface area contributed by atoms with Gasteiger partial charge in [0.05, 0.1) is 23.5 Å². The zero-order valence-corrected chi connectivity index (χ0v) is 16.9. The average Bonchev–Trinajstić information content (AvgIpc) is 3.23. The number of hydrogen-bond donors (Lipinski definition) is 1. The van der Waals surface area contributed by atoms with E-state index in [1.165, 1.54) is 0 Å². The van der Waals surface area contributed by atoms with Crippen molar-refractivity contribution >= 4 is 17.5 Å². The van der Waals surface area contributed by atoms with E-state index in [-0.39, 0.29) is 11.9 Å². The van der Waals surface area contributed by atoms with Gasteiger partial charge in [0, 0.05) is 17.8 Å². The molecule has 1 atom stereocenters. The minimum atomic E-state index is -0.147. The molecule has 28 heavy (non-hydrogen) atoms. The summed E-state index contributed by atoms with van der Waals surface area (Å²) in [5.74, 6) is -0.147. The molecule has 3 rings (SSSR count). The van der Waals surface area contributed by atoms with Gasteiger partial charge in [-0.05, 0) is 36.9 Å². The lowest BCUT2D eigenvalue weighted by molar-refractivity contribution is 0.0935. The fraction of sp³-hybridized carbons (Fsp3) is 0.273. The molecule has 5 nitrogen and oxygen atoms in total. The maximum Gasteiger partial charge on any atom is 0.254 e. The van der Waals surface area contributed by atoms with Gasteiger partial charge in [-0.3, -0.25) is 9.69 Å². The third-order valence-electron chi connectivity index (χ3n) is 4.84. The highest BCUT2D eigenvalue weighted by Crippen LogP contribution is 2.27. The van der Waals surface area contributed by atoms with Crippen molar-refractivity contribution in [3.8, 4) is 5.69 Å². The van der Waals surface area contributed by atoms with Gasteiger partial charge in [0.15, 0.2) is 0 Å². The molecule has 6 heteroatoms. The van der Waals surface area contributed by atoms with Crippen LogP contribution in [0.4, 0.5) is 0 Å². The molecule has 1 N–H and O–H groups in total.